The third-order valence-corrected chi connectivity index (χ3v) is 7.29. The monoisotopic (exact) mass is 412 g/mol. The molecule has 0 N–H and O–H groups in total. The first-order valence-electron chi connectivity index (χ1n) is 10.1. The molecule has 3 aliphatic rings. The lowest BCUT2D eigenvalue weighted by molar-refractivity contribution is -0.130. The van der Waals surface area contributed by atoms with Crippen molar-refractivity contribution in [1.82, 2.24) is 19.0 Å². The highest BCUT2D eigenvalue weighted by atomic mass is 32.2. The van der Waals surface area contributed by atoms with E-state index in [2.05, 4.69) is 16.8 Å². The summed E-state index contributed by atoms with van der Waals surface area (Å²) in [5.74, 6) is -0.897. The van der Waals surface area contributed by atoms with Crippen molar-refractivity contribution in [2.75, 3.05) is 52.6 Å². The first-order valence-corrected chi connectivity index (χ1v) is 12.0. The van der Waals surface area contributed by atoms with Crippen molar-refractivity contribution in [2.24, 2.45) is 5.92 Å². The van der Waals surface area contributed by atoms with Crippen molar-refractivity contribution < 1.29 is 18.0 Å². The van der Waals surface area contributed by atoms with Crippen molar-refractivity contribution in [3.05, 3.63) is 12.2 Å². The molecular formula is C19H32N4O4S. The number of likely N-dealkylation sites (tertiary alicyclic amines) is 1. The van der Waals surface area contributed by atoms with Crippen molar-refractivity contribution in [2.45, 2.75) is 38.3 Å². The highest BCUT2D eigenvalue weighted by Crippen LogP contribution is 2.40. The van der Waals surface area contributed by atoms with E-state index in [4.69, 9.17) is 0 Å². The van der Waals surface area contributed by atoms with E-state index < -0.39 is 22.0 Å². The maximum atomic E-state index is 12.8. The second-order valence-electron chi connectivity index (χ2n) is 8.18. The first kappa shape index (κ1) is 21.3. The summed E-state index contributed by atoms with van der Waals surface area (Å²) in [6.07, 6.45) is 6.45. The van der Waals surface area contributed by atoms with Crippen LogP contribution in [0.4, 0.5) is 0 Å². The molecule has 0 aliphatic carbocycles. The number of sulfonamides is 1. The number of piperazine rings is 1. The Balaban J connectivity index is 1.68. The Morgan fingerprint density at radius 3 is 2.46 bits per heavy atom. The molecule has 0 aromatic heterocycles. The molecule has 3 atom stereocenters. The fraction of sp³-hybridized carbons (Fsp3) is 0.789. The van der Waals surface area contributed by atoms with E-state index >= 15 is 0 Å². The zero-order valence-corrected chi connectivity index (χ0v) is 17.9. The summed E-state index contributed by atoms with van der Waals surface area (Å²) in [5.41, 5.74) is 0. The number of nitrogens with zero attached hydrogens (tertiary/aromatic N) is 4. The molecule has 28 heavy (non-hydrogen) atoms. The summed E-state index contributed by atoms with van der Waals surface area (Å²) in [5, 5.41) is 0. The molecule has 0 aromatic carbocycles. The molecule has 0 spiro atoms. The van der Waals surface area contributed by atoms with Gasteiger partial charge in [0, 0.05) is 45.3 Å². The number of hydrogen-bond acceptors (Lipinski definition) is 6. The maximum Gasteiger partial charge on any atom is 0.246 e. The van der Waals surface area contributed by atoms with Gasteiger partial charge in [-0.3, -0.25) is 14.5 Å². The average Bonchev–Trinajstić information content (AvgIpc) is 3.15. The lowest BCUT2D eigenvalue weighted by atomic mass is 9.94. The van der Waals surface area contributed by atoms with Gasteiger partial charge in [-0.2, -0.15) is 0 Å². The van der Waals surface area contributed by atoms with Gasteiger partial charge in [0.05, 0.1) is 24.3 Å². The standard InChI is InChI=1S/C19H32N4O4S/c1-4-6-15-18-16(23(19(15)25)28(3,26)27)8-10-22(18)17(24)7-5-9-21-13-11-20(2)12-14-21/h5,7,15-16,18H,4,6,8-14H2,1-3H3/t15-,16+,18-/m1/s1. The summed E-state index contributed by atoms with van der Waals surface area (Å²) in [6.45, 7) is 7.22. The van der Waals surface area contributed by atoms with Crippen LogP contribution < -0.4 is 0 Å². The molecule has 8 nitrogen and oxygen atoms in total. The second-order valence-corrected chi connectivity index (χ2v) is 10.0. The third kappa shape index (κ3) is 4.26. The minimum absolute atomic E-state index is 0.120. The Morgan fingerprint density at radius 2 is 1.86 bits per heavy atom. The summed E-state index contributed by atoms with van der Waals surface area (Å²) in [4.78, 5) is 31.9. The molecule has 0 unspecified atom stereocenters. The predicted octanol–water partition coefficient (Wildman–Crippen LogP) is -0.0224. The van der Waals surface area contributed by atoms with E-state index in [0.29, 0.717) is 19.4 Å². The van der Waals surface area contributed by atoms with Crippen molar-refractivity contribution in [3.63, 3.8) is 0 Å². The Hall–Kier alpha value is -1.45. The first-order chi connectivity index (χ1) is 13.2. The molecule has 0 aromatic rings. The molecule has 3 fully saturated rings. The van der Waals surface area contributed by atoms with Crippen LogP contribution in [0.25, 0.3) is 0 Å². The highest BCUT2D eigenvalue weighted by molar-refractivity contribution is 7.88. The van der Waals surface area contributed by atoms with Crippen molar-refractivity contribution in [3.8, 4) is 0 Å². The molecular weight excluding hydrogens is 380 g/mol. The molecule has 3 aliphatic heterocycles. The fourth-order valence-corrected chi connectivity index (χ4v) is 5.90. The van der Waals surface area contributed by atoms with Gasteiger partial charge in [-0.1, -0.05) is 19.4 Å². The van der Waals surface area contributed by atoms with E-state index in [1.807, 2.05) is 13.0 Å². The minimum Gasteiger partial charge on any atom is -0.333 e. The minimum atomic E-state index is -3.63. The Kier molecular flexibility index (Phi) is 6.46. The smallest absolute Gasteiger partial charge is 0.246 e. The predicted molar refractivity (Wildman–Crippen MR) is 107 cm³/mol. The zero-order chi connectivity index (χ0) is 20.5. The van der Waals surface area contributed by atoms with Gasteiger partial charge in [-0.25, -0.2) is 12.7 Å². The molecule has 3 heterocycles. The number of fused-ring (bicyclic) bond motifs is 1. The summed E-state index contributed by atoms with van der Waals surface area (Å²) in [7, 11) is -1.52. The lowest BCUT2D eigenvalue weighted by Gasteiger charge is -2.31. The largest absolute Gasteiger partial charge is 0.333 e. The third-order valence-electron chi connectivity index (χ3n) is 6.13. The van der Waals surface area contributed by atoms with Crippen LogP contribution in [0, 0.1) is 5.92 Å². The molecule has 3 saturated heterocycles. The van der Waals surface area contributed by atoms with Crippen LogP contribution in [-0.4, -0.2) is 104 Å². The van der Waals surface area contributed by atoms with E-state index in [0.717, 1.165) is 49.7 Å². The second kappa shape index (κ2) is 8.51. The number of hydrogen-bond donors (Lipinski definition) is 0. The van der Waals surface area contributed by atoms with Crippen LogP contribution in [-0.2, 0) is 19.6 Å². The SMILES string of the molecule is CCC[C@H]1C(=O)N(S(C)(=O)=O)[C@H]2CCN(C(=O)C=CCN3CCN(C)CC3)[C@H]12. The van der Waals surface area contributed by atoms with Gasteiger partial charge >= 0.3 is 0 Å². The lowest BCUT2D eigenvalue weighted by Crippen LogP contribution is -2.44. The Labute approximate surface area is 168 Å². The quantitative estimate of drug-likeness (QED) is 0.571. The molecule has 2 amide bonds. The van der Waals surface area contributed by atoms with Crippen LogP contribution in [0.15, 0.2) is 12.2 Å². The number of carbonyl (C=O) groups is 2. The zero-order valence-electron chi connectivity index (χ0n) is 17.1. The number of likely N-dealkylation sites (N-methyl/N-ethyl adjacent to an activating group) is 1. The summed E-state index contributed by atoms with van der Waals surface area (Å²) in [6, 6.07) is -0.767. The normalized spacial score (nSPS) is 29.8. The molecule has 0 saturated carbocycles. The van der Waals surface area contributed by atoms with Crippen LogP contribution >= 0.6 is 0 Å². The fourth-order valence-electron chi connectivity index (χ4n) is 4.71. The Bertz CT molecular complexity index is 730. The Morgan fingerprint density at radius 1 is 1.18 bits per heavy atom. The molecule has 3 rings (SSSR count). The average molecular weight is 413 g/mol. The van der Waals surface area contributed by atoms with E-state index in [1.165, 1.54) is 0 Å². The van der Waals surface area contributed by atoms with Gasteiger partial charge in [0.2, 0.25) is 21.8 Å². The van der Waals surface area contributed by atoms with Gasteiger partial charge < -0.3 is 9.80 Å². The number of amides is 2. The summed E-state index contributed by atoms with van der Waals surface area (Å²) < 4.78 is 25.4. The van der Waals surface area contributed by atoms with Gasteiger partial charge in [-0.05, 0) is 19.9 Å². The number of carbonyl (C=O) groups excluding carboxylic acids is 2. The molecule has 0 bridgehead atoms. The van der Waals surface area contributed by atoms with Crippen molar-refractivity contribution >= 4 is 21.8 Å². The number of rotatable bonds is 6. The van der Waals surface area contributed by atoms with Crippen LogP contribution in [0.2, 0.25) is 0 Å². The van der Waals surface area contributed by atoms with Gasteiger partial charge in [0.25, 0.3) is 0 Å². The van der Waals surface area contributed by atoms with Crippen LogP contribution in [0.5, 0.6) is 0 Å². The van der Waals surface area contributed by atoms with Gasteiger partial charge in [-0.15, -0.1) is 0 Å². The maximum absolute atomic E-state index is 12.8. The molecule has 158 valence electrons. The molecule has 9 heteroatoms. The van der Waals surface area contributed by atoms with E-state index in [1.54, 1.807) is 11.0 Å². The van der Waals surface area contributed by atoms with E-state index in [-0.39, 0.29) is 17.9 Å². The van der Waals surface area contributed by atoms with Gasteiger partial charge in [0.1, 0.15) is 0 Å². The van der Waals surface area contributed by atoms with Crippen LogP contribution in [0.3, 0.4) is 0 Å². The molecule has 0 radical (unpaired) electrons. The van der Waals surface area contributed by atoms with Crippen LogP contribution in [0.1, 0.15) is 26.2 Å². The van der Waals surface area contributed by atoms with Gasteiger partial charge in [0.15, 0.2) is 0 Å². The highest BCUT2D eigenvalue weighted by Gasteiger charge is 2.56. The van der Waals surface area contributed by atoms with Crippen molar-refractivity contribution in [1.29, 1.82) is 0 Å². The summed E-state index contributed by atoms with van der Waals surface area (Å²) >= 11 is 0. The van der Waals surface area contributed by atoms with E-state index in [9.17, 15) is 18.0 Å². The topological polar surface area (TPSA) is 81.2 Å².